The first kappa shape index (κ1) is 18.1. The van der Waals surface area contributed by atoms with Crippen LogP contribution in [0.3, 0.4) is 0 Å². The molecule has 0 amide bonds. The Balaban J connectivity index is 0.00000200. The molecule has 2 aliphatic heterocycles. The quantitative estimate of drug-likeness (QED) is 0.631. The maximum absolute atomic E-state index is 12.1. The van der Waals surface area contributed by atoms with Crippen LogP contribution in [0.15, 0.2) is 0 Å². The summed E-state index contributed by atoms with van der Waals surface area (Å²) in [6.45, 7) is 4.33. The molecule has 2 N–H and O–H groups in total. The highest BCUT2D eigenvalue weighted by molar-refractivity contribution is 7.90. The van der Waals surface area contributed by atoms with Gasteiger partial charge in [0.05, 0.1) is 11.5 Å². The summed E-state index contributed by atoms with van der Waals surface area (Å²) in [5.74, 6) is 0.607. The predicted molar refractivity (Wildman–Crippen MR) is 79.9 cm³/mol. The average molecular weight is 348 g/mol. The zero-order valence-corrected chi connectivity index (χ0v) is 13.9. The van der Waals surface area contributed by atoms with Crippen molar-refractivity contribution in [2.75, 3.05) is 44.2 Å². The van der Waals surface area contributed by atoms with Gasteiger partial charge in [-0.15, -0.1) is 12.4 Å². The van der Waals surface area contributed by atoms with Gasteiger partial charge in [-0.2, -0.15) is 0 Å². The molecule has 2 rings (SSSR count). The summed E-state index contributed by atoms with van der Waals surface area (Å²) in [6.07, 6.45) is 0. The SMILES string of the molecule is CCS(=O)(=O)NCCS(=O)(=O)N1C[C@H]2CNC[C@H]2C1.Cl. The summed E-state index contributed by atoms with van der Waals surface area (Å²) in [5, 5.41) is 3.25. The van der Waals surface area contributed by atoms with Crippen LogP contribution in [-0.4, -0.2) is 65.4 Å². The van der Waals surface area contributed by atoms with Gasteiger partial charge in [0.15, 0.2) is 0 Å². The van der Waals surface area contributed by atoms with Crippen molar-refractivity contribution in [1.82, 2.24) is 14.3 Å². The van der Waals surface area contributed by atoms with Crippen LogP contribution >= 0.6 is 12.4 Å². The van der Waals surface area contributed by atoms with Crippen molar-refractivity contribution < 1.29 is 16.8 Å². The lowest BCUT2D eigenvalue weighted by Gasteiger charge is -2.17. The van der Waals surface area contributed by atoms with Gasteiger partial charge in [-0.25, -0.2) is 25.9 Å². The number of rotatable bonds is 6. The molecule has 0 spiro atoms. The fourth-order valence-corrected chi connectivity index (χ4v) is 4.80. The number of nitrogens with one attached hydrogen (secondary N) is 2. The molecule has 7 nitrogen and oxygen atoms in total. The molecule has 0 aliphatic carbocycles. The largest absolute Gasteiger partial charge is 0.316 e. The van der Waals surface area contributed by atoms with E-state index in [2.05, 4.69) is 10.0 Å². The van der Waals surface area contributed by atoms with Crippen molar-refractivity contribution in [2.45, 2.75) is 6.92 Å². The van der Waals surface area contributed by atoms with Gasteiger partial charge in [-0.05, 0) is 31.8 Å². The number of sulfonamides is 2. The van der Waals surface area contributed by atoms with Crippen LogP contribution in [0.1, 0.15) is 6.92 Å². The lowest BCUT2D eigenvalue weighted by molar-refractivity contribution is 0.448. The highest BCUT2D eigenvalue weighted by Crippen LogP contribution is 2.28. The highest BCUT2D eigenvalue weighted by atomic mass is 35.5. The normalized spacial score (nSPS) is 27.2. The molecule has 2 heterocycles. The Kier molecular flexibility index (Phi) is 6.24. The maximum Gasteiger partial charge on any atom is 0.215 e. The summed E-state index contributed by atoms with van der Waals surface area (Å²) in [7, 11) is -6.68. The van der Waals surface area contributed by atoms with E-state index in [9.17, 15) is 16.8 Å². The molecule has 0 aromatic heterocycles. The van der Waals surface area contributed by atoms with E-state index in [1.165, 1.54) is 11.2 Å². The zero-order valence-electron chi connectivity index (χ0n) is 11.4. The van der Waals surface area contributed by atoms with Crippen molar-refractivity contribution in [3.05, 3.63) is 0 Å². The number of fused-ring (bicyclic) bond motifs is 1. The van der Waals surface area contributed by atoms with E-state index in [4.69, 9.17) is 0 Å². The molecule has 0 saturated carbocycles. The first-order valence-electron chi connectivity index (χ1n) is 6.50. The smallest absolute Gasteiger partial charge is 0.215 e. The minimum Gasteiger partial charge on any atom is -0.316 e. The molecule has 2 atom stereocenters. The number of halogens is 1. The molecular formula is C10H22ClN3O4S2. The van der Waals surface area contributed by atoms with Gasteiger partial charge >= 0.3 is 0 Å². The first-order chi connectivity index (χ1) is 8.84. The Morgan fingerprint density at radius 2 is 1.70 bits per heavy atom. The molecule has 10 heteroatoms. The summed E-state index contributed by atoms with van der Waals surface area (Å²) in [5.41, 5.74) is 0. The topological polar surface area (TPSA) is 95.6 Å². The standard InChI is InChI=1S/C10H21N3O4S2.ClH/c1-2-18(14,15)12-3-4-19(16,17)13-7-9-5-11-6-10(9)8-13;/h9-12H,2-8H2,1H3;1H/t9-,10+;. The van der Waals surface area contributed by atoms with E-state index in [-0.39, 0.29) is 30.5 Å². The van der Waals surface area contributed by atoms with Gasteiger partial charge in [0.2, 0.25) is 20.0 Å². The van der Waals surface area contributed by atoms with E-state index < -0.39 is 20.0 Å². The van der Waals surface area contributed by atoms with Gasteiger partial charge in [-0.1, -0.05) is 0 Å². The number of hydrogen-bond donors (Lipinski definition) is 2. The summed E-state index contributed by atoms with van der Waals surface area (Å²) in [4.78, 5) is 0. The third-order valence-corrected chi connectivity index (χ3v) is 7.02. The Morgan fingerprint density at radius 3 is 2.20 bits per heavy atom. The molecule has 0 radical (unpaired) electrons. The molecule has 0 bridgehead atoms. The number of hydrogen-bond acceptors (Lipinski definition) is 5. The molecule has 0 aromatic rings. The zero-order chi connectivity index (χ0) is 14.1. The van der Waals surface area contributed by atoms with Crippen LogP contribution in [0.2, 0.25) is 0 Å². The monoisotopic (exact) mass is 347 g/mol. The lowest BCUT2D eigenvalue weighted by atomic mass is 10.0. The molecule has 2 aliphatic rings. The van der Waals surface area contributed by atoms with Crippen molar-refractivity contribution >= 4 is 32.5 Å². The molecule has 0 unspecified atom stereocenters. The van der Waals surface area contributed by atoms with Crippen LogP contribution in [-0.2, 0) is 20.0 Å². The second-order valence-corrected chi connectivity index (χ2v) is 9.29. The van der Waals surface area contributed by atoms with Crippen molar-refractivity contribution in [2.24, 2.45) is 11.8 Å². The van der Waals surface area contributed by atoms with Gasteiger partial charge < -0.3 is 5.32 Å². The fourth-order valence-electron chi connectivity index (χ4n) is 2.60. The minimum absolute atomic E-state index is 0. The second-order valence-electron chi connectivity index (χ2n) is 5.11. The van der Waals surface area contributed by atoms with Crippen molar-refractivity contribution in [3.63, 3.8) is 0 Å². The van der Waals surface area contributed by atoms with Crippen LogP contribution < -0.4 is 10.0 Å². The summed E-state index contributed by atoms with van der Waals surface area (Å²) >= 11 is 0. The van der Waals surface area contributed by atoms with Gasteiger partial charge in [0.1, 0.15) is 0 Å². The molecule has 120 valence electrons. The average Bonchev–Trinajstić information content (AvgIpc) is 2.88. The Morgan fingerprint density at radius 1 is 1.15 bits per heavy atom. The summed E-state index contributed by atoms with van der Waals surface area (Å²) in [6, 6.07) is 0. The molecule has 20 heavy (non-hydrogen) atoms. The van der Waals surface area contributed by atoms with Crippen LogP contribution in [0, 0.1) is 11.8 Å². The molecule has 2 fully saturated rings. The van der Waals surface area contributed by atoms with E-state index >= 15 is 0 Å². The summed E-state index contributed by atoms with van der Waals surface area (Å²) < 4.78 is 50.5. The van der Waals surface area contributed by atoms with Crippen molar-refractivity contribution in [3.8, 4) is 0 Å². The predicted octanol–water partition coefficient (Wildman–Crippen LogP) is -1.17. The Bertz CT molecular complexity index is 511. The Labute approximate surface area is 127 Å². The van der Waals surface area contributed by atoms with Crippen LogP contribution in [0.4, 0.5) is 0 Å². The molecule has 2 saturated heterocycles. The molecule has 0 aromatic carbocycles. The van der Waals surface area contributed by atoms with Gasteiger partial charge in [-0.3, -0.25) is 0 Å². The lowest BCUT2D eigenvalue weighted by Crippen LogP contribution is -2.38. The van der Waals surface area contributed by atoms with E-state index in [0.717, 1.165) is 13.1 Å². The van der Waals surface area contributed by atoms with Gasteiger partial charge in [0, 0.05) is 19.6 Å². The van der Waals surface area contributed by atoms with Crippen LogP contribution in [0.25, 0.3) is 0 Å². The first-order valence-corrected chi connectivity index (χ1v) is 9.76. The number of nitrogens with zero attached hydrogens (tertiary/aromatic N) is 1. The third-order valence-electron chi connectivity index (χ3n) is 3.81. The highest BCUT2D eigenvalue weighted by Gasteiger charge is 2.40. The fraction of sp³-hybridized carbons (Fsp3) is 1.00. The Hall–Kier alpha value is 0.0700. The van der Waals surface area contributed by atoms with E-state index in [0.29, 0.717) is 24.9 Å². The van der Waals surface area contributed by atoms with E-state index in [1.807, 2.05) is 0 Å². The van der Waals surface area contributed by atoms with Gasteiger partial charge in [0.25, 0.3) is 0 Å². The second kappa shape index (κ2) is 6.89. The maximum atomic E-state index is 12.1. The minimum atomic E-state index is -3.35. The van der Waals surface area contributed by atoms with Crippen LogP contribution in [0.5, 0.6) is 0 Å². The van der Waals surface area contributed by atoms with Crippen molar-refractivity contribution in [1.29, 1.82) is 0 Å². The molecular weight excluding hydrogens is 326 g/mol. The third kappa shape index (κ3) is 4.28. The van der Waals surface area contributed by atoms with E-state index in [1.54, 1.807) is 0 Å².